The lowest BCUT2D eigenvalue weighted by atomic mass is 10.1. The number of aromatic nitrogens is 1. The van der Waals surface area contributed by atoms with Crippen molar-refractivity contribution in [3.8, 4) is 11.3 Å². The summed E-state index contributed by atoms with van der Waals surface area (Å²) in [7, 11) is 0. The van der Waals surface area contributed by atoms with Crippen molar-refractivity contribution in [3.05, 3.63) is 83.9 Å². The highest BCUT2D eigenvalue weighted by molar-refractivity contribution is 5.89. The first kappa shape index (κ1) is 16.6. The number of anilines is 1. The quantitative estimate of drug-likeness (QED) is 0.777. The molecule has 2 N–H and O–H groups in total. The number of primary amides is 1. The summed E-state index contributed by atoms with van der Waals surface area (Å²) in [6.45, 7) is -0.0398. The van der Waals surface area contributed by atoms with Gasteiger partial charge in [0.2, 0.25) is 0 Å². The molecule has 1 heterocycles. The van der Waals surface area contributed by atoms with Crippen molar-refractivity contribution >= 4 is 11.8 Å². The Balaban J connectivity index is 1.94. The predicted octanol–water partition coefficient (Wildman–Crippen LogP) is 4.11. The van der Waals surface area contributed by atoms with Crippen LogP contribution in [0, 0.1) is 11.6 Å². The van der Waals surface area contributed by atoms with Gasteiger partial charge >= 0.3 is 6.03 Å². The summed E-state index contributed by atoms with van der Waals surface area (Å²) in [4.78, 5) is 17.4. The third-order valence-corrected chi connectivity index (χ3v) is 3.70. The molecule has 126 valence electrons. The summed E-state index contributed by atoms with van der Waals surface area (Å²) in [5, 5.41) is 0. The maximum Gasteiger partial charge on any atom is 0.320 e. The molecule has 2 amide bonds. The lowest BCUT2D eigenvalue weighted by molar-refractivity contribution is 0.253. The monoisotopic (exact) mass is 339 g/mol. The normalized spacial score (nSPS) is 10.5. The van der Waals surface area contributed by atoms with Crippen LogP contribution in [0.4, 0.5) is 19.4 Å². The lowest BCUT2D eigenvalue weighted by Gasteiger charge is -2.20. The van der Waals surface area contributed by atoms with Gasteiger partial charge in [-0.3, -0.25) is 4.90 Å². The Morgan fingerprint density at radius 3 is 2.36 bits per heavy atom. The third kappa shape index (κ3) is 3.80. The van der Waals surface area contributed by atoms with Gasteiger partial charge < -0.3 is 5.73 Å². The van der Waals surface area contributed by atoms with Crippen LogP contribution in [0.3, 0.4) is 0 Å². The van der Waals surface area contributed by atoms with Gasteiger partial charge in [0.15, 0.2) is 0 Å². The molecule has 0 aliphatic heterocycles. The van der Waals surface area contributed by atoms with Crippen molar-refractivity contribution in [1.82, 2.24) is 4.98 Å². The zero-order chi connectivity index (χ0) is 17.8. The van der Waals surface area contributed by atoms with E-state index >= 15 is 0 Å². The highest BCUT2D eigenvalue weighted by Crippen LogP contribution is 2.22. The molecule has 3 aromatic rings. The van der Waals surface area contributed by atoms with E-state index < -0.39 is 11.8 Å². The molecule has 0 aliphatic carbocycles. The molecule has 0 bridgehead atoms. The van der Waals surface area contributed by atoms with Crippen LogP contribution in [0.25, 0.3) is 11.3 Å². The molecule has 3 rings (SSSR count). The van der Waals surface area contributed by atoms with E-state index in [1.165, 1.54) is 23.1 Å². The average molecular weight is 339 g/mol. The third-order valence-electron chi connectivity index (χ3n) is 3.70. The average Bonchev–Trinajstić information content (AvgIpc) is 2.61. The number of rotatable bonds is 4. The fraction of sp³-hybridized carbons (Fsp3) is 0.0526. The molecule has 2 aromatic carbocycles. The largest absolute Gasteiger partial charge is 0.351 e. The van der Waals surface area contributed by atoms with Gasteiger partial charge in [-0.15, -0.1) is 0 Å². The molecule has 0 saturated heterocycles. The maximum absolute atomic E-state index is 13.9. The molecule has 0 saturated carbocycles. The Kier molecular flexibility index (Phi) is 4.70. The number of nitrogens with two attached hydrogens (primary N) is 1. The van der Waals surface area contributed by atoms with Gasteiger partial charge in [-0.1, -0.05) is 24.3 Å². The topological polar surface area (TPSA) is 59.2 Å². The fourth-order valence-electron chi connectivity index (χ4n) is 2.42. The first-order valence-electron chi connectivity index (χ1n) is 7.58. The second-order valence-corrected chi connectivity index (χ2v) is 5.40. The van der Waals surface area contributed by atoms with Gasteiger partial charge in [0.05, 0.1) is 12.2 Å². The summed E-state index contributed by atoms with van der Waals surface area (Å²) in [6.07, 6.45) is 0. The molecule has 0 atom stereocenters. The Morgan fingerprint density at radius 2 is 1.68 bits per heavy atom. The van der Waals surface area contributed by atoms with E-state index in [1.807, 2.05) is 0 Å². The highest BCUT2D eigenvalue weighted by Gasteiger charge is 2.17. The fourth-order valence-corrected chi connectivity index (χ4v) is 2.42. The molecule has 0 spiro atoms. The zero-order valence-electron chi connectivity index (χ0n) is 13.2. The van der Waals surface area contributed by atoms with Crippen LogP contribution in [-0.4, -0.2) is 11.0 Å². The molecule has 4 nitrogen and oxygen atoms in total. The van der Waals surface area contributed by atoms with E-state index in [4.69, 9.17) is 5.73 Å². The number of nitrogens with zero attached hydrogens (tertiary/aromatic N) is 2. The van der Waals surface area contributed by atoms with Gasteiger partial charge in [0, 0.05) is 11.1 Å². The summed E-state index contributed by atoms with van der Waals surface area (Å²) in [5.74, 6) is -0.487. The Hall–Kier alpha value is -3.28. The molecule has 0 radical (unpaired) electrons. The number of carbonyl (C=O) groups excluding carboxylic acids is 1. The molecule has 0 unspecified atom stereocenters. The van der Waals surface area contributed by atoms with Crippen LogP contribution in [0.1, 0.15) is 5.56 Å². The Morgan fingerprint density at radius 1 is 0.960 bits per heavy atom. The Bertz CT molecular complexity index is 897. The number of urea groups is 1. The Labute approximate surface area is 143 Å². The first-order chi connectivity index (χ1) is 12.0. The van der Waals surface area contributed by atoms with E-state index in [0.29, 0.717) is 16.8 Å². The minimum absolute atomic E-state index is 0.0398. The van der Waals surface area contributed by atoms with Crippen LogP contribution >= 0.6 is 0 Å². The van der Waals surface area contributed by atoms with E-state index in [0.717, 1.165) is 0 Å². The zero-order valence-corrected chi connectivity index (χ0v) is 13.2. The second-order valence-electron chi connectivity index (χ2n) is 5.40. The first-order valence-corrected chi connectivity index (χ1v) is 7.58. The minimum atomic E-state index is -0.744. The smallest absolute Gasteiger partial charge is 0.320 e. The number of benzene rings is 2. The van der Waals surface area contributed by atoms with E-state index in [2.05, 4.69) is 4.98 Å². The molecule has 0 fully saturated rings. The SMILES string of the molecule is NC(=O)N(Cc1ccccc1F)c1cccc(-c2ccc(F)cc2)n1. The number of hydrogen-bond donors (Lipinski definition) is 1. The number of amides is 2. The van der Waals surface area contributed by atoms with Crippen LogP contribution in [-0.2, 0) is 6.54 Å². The second kappa shape index (κ2) is 7.09. The molecule has 1 aromatic heterocycles. The molecule has 25 heavy (non-hydrogen) atoms. The van der Waals surface area contributed by atoms with Crippen molar-refractivity contribution in [2.45, 2.75) is 6.54 Å². The van der Waals surface area contributed by atoms with Gasteiger partial charge in [-0.25, -0.2) is 18.6 Å². The van der Waals surface area contributed by atoms with Crippen LogP contribution in [0.15, 0.2) is 66.7 Å². The van der Waals surface area contributed by atoms with Crippen molar-refractivity contribution in [3.63, 3.8) is 0 Å². The van der Waals surface area contributed by atoms with Crippen molar-refractivity contribution < 1.29 is 13.6 Å². The van der Waals surface area contributed by atoms with Gasteiger partial charge in [-0.2, -0.15) is 0 Å². The number of carbonyl (C=O) groups is 1. The van der Waals surface area contributed by atoms with E-state index in [9.17, 15) is 13.6 Å². The van der Waals surface area contributed by atoms with E-state index in [-0.39, 0.29) is 18.2 Å². The predicted molar refractivity (Wildman–Crippen MR) is 91.8 cm³/mol. The van der Waals surface area contributed by atoms with Crippen molar-refractivity contribution in [1.29, 1.82) is 0 Å². The van der Waals surface area contributed by atoms with Crippen LogP contribution < -0.4 is 10.6 Å². The number of hydrogen-bond acceptors (Lipinski definition) is 2. The van der Waals surface area contributed by atoms with Gasteiger partial charge in [-0.05, 0) is 42.5 Å². The van der Waals surface area contributed by atoms with Crippen LogP contribution in [0.5, 0.6) is 0 Å². The molecule has 6 heteroatoms. The van der Waals surface area contributed by atoms with Crippen molar-refractivity contribution in [2.75, 3.05) is 4.90 Å². The van der Waals surface area contributed by atoms with Crippen molar-refractivity contribution in [2.24, 2.45) is 5.73 Å². The summed E-state index contributed by atoms with van der Waals surface area (Å²) in [5.41, 5.74) is 7.03. The van der Waals surface area contributed by atoms with Gasteiger partial charge in [0.1, 0.15) is 17.5 Å². The standard InChI is InChI=1S/C19H15F2N3O/c20-15-10-8-13(9-11-15)17-6-3-7-18(23-17)24(19(22)25)12-14-4-1-2-5-16(14)21/h1-11H,12H2,(H2,22,25). The van der Waals surface area contributed by atoms with E-state index in [1.54, 1.807) is 48.5 Å². The molecular formula is C19H15F2N3O. The summed E-state index contributed by atoms with van der Waals surface area (Å²) in [6, 6.07) is 16.3. The maximum atomic E-state index is 13.9. The summed E-state index contributed by atoms with van der Waals surface area (Å²) >= 11 is 0. The van der Waals surface area contributed by atoms with Crippen LogP contribution in [0.2, 0.25) is 0 Å². The number of halogens is 2. The molecule has 0 aliphatic rings. The number of pyridine rings is 1. The van der Waals surface area contributed by atoms with Gasteiger partial charge in [0.25, 0.3) is 0 Å². The molecular weight excluding hydrogens is 324 g/mol. The highest BCUT2D eigenvalue weighted by atomic mass is 19.1. The minimum Gasteiger partial charge on any atom is -0.351 e. The summed E-state index contributed by atoms with van der Waals surface area (Å²) < 4.78 is 26.9. The lowest BCUT2D eigenvalue weighted by Crippen LogP contribution is -2.36.